The molecule has 27 heavy (non-hydrogen) atoms. The number of carbonyl (C=O) groups is 1. The van der Waals surface area contributed by atoms with Crippen molar-refractivity contribution in [1.29, 1.82) is 0 Å². The minimum atomic E-state index is -0.266. The van der Waals surface area contributed by atoms with Crippen molar-refractivity contribution in [2.24, 2.45) is 0 Å². The van der Waals surface area contributed by atoms with Crippen LogP contribution in [-0.2, 0) is 0 Å². The topological polar surface area (TPSA) is 67.4 Å². The first-order chi connectivity index (χ1) is 13.1. The first-order valence-corrected chi connectivity index (χ1v) is 9.75. The fraction of sp³-hybridized carbons (Fsp3) is 0.476. The number of rotatable bonds is 6. The van der Waals surface area contributed by atoms with Gasteiger partial charge in [-0.1, -0.05) is 6.92 Å². The lowest BCUT2D eigenvalue weighted by Gasteiger charge is -2.35. The third-order valence-corrected chi connectivity index (χ3v) is 4.76. The van der Waals surface area contributed by atoms with Crippen molar-refractivity contribution in [3.8, 4) is 5.75 Å². The normalized spacial score (nSPS) is 17.0. The highest BCUT2D eigenvalue weighted by atomic mass is 16.5. The summed E-state index contributed by atoms with van der Waals surface area (Å²) >= 11 is 0. The van der Waals surface area contributed by atoms with Gasteiger partial charge in [0.2, 0.25) is 0 Å². The minimum absolute atomic E-state index is 0.117. The molecular formula is C21H28N4O2. The number of benzene rings is 1. The molecule has 1 fully saturated rings. The number of nitrogens with zero attached hydrogens (tertiary/aromatic N) is 3. The zero-order valence-corrected chi connectivity index (χ0v) is 16.3. The molecule has 1 atom stereocenters. The maximum atomic E-state index is 12.4. The molecule has 3 rings (SSSR count). The number of hydrogen-bond donors (Lipinski definition) is 1. The summed E-state index contributed by atoms with van der Waals surface area (Å²) in [4.78, 5) is 14.7. The third-order valence-electron chi connectivity index (χ3n) is 4.76. The van der Waals surface area contributed by atoms with Crippen LogP contribution in [0.25, 0.3) is 0 Å². The van der Waals surface area contributed by atoms with Crippen molar-refractivity contribution in [2.75, 3.05) is 16.8 Å². The highest BCUT2D eigenvalue weighted by Crippen LogP contribution is 2.24. The van der Waals surface area contributed by atoms with E-state index in [0.717, 1.165) is 24.5 Å². The fourth-order valence-corrected chi connectivity index (χ4v) is 3.41. The van der Waals surface area contributed by atoms with Gasteiger partial charge in [0.05, 0.1) is 6.10 Å². The molecule has 1 N–H and O–H groups in total. The first kappa shape index (κ1) is 19.1. The van der Waals surface area contributed by atoms with Crippen molar-refractivity contribution in [3.63, 3.8) is 0 Å². The van der Waals surface area contributed by atoms with E-state index in [0.29, 0.717) is 17.4 Å². The summed E-state index contributed by atoms with van der Waals surface area (Å²) in [7, 11) is 0. The molecule has 6 heteroatoms. The Hall–Kier alpha value is -2.63. The van der Waals surface area contributed by atoms with Crippen molar-refractivity contribution >= 4 is 17.4 Å². The van der Waals surface area contributed by atoms with E-state index in [1.54, 1.807) is 6.07 Å². The Bertz CT molecular complexity index is 744. The van der Waals surface area contributed by atoms with Crippen molar-refractivity contribution in [1.82, 2.24) is 10.2 Å². The van der Waals surface area contributed by atoms with Gasteiger partial charge in [-0.3, -0.25) is 4.79 Å². The molecule has 1 aromatic heterocycles. The first-order valence-electron chi connectivity index (χ1n) is 9.75. The summed E-state index contributed by atoms with van der Waals surface area (Å²) in [5.74, 6) is 1.37. The molecule has 0 saturated carbocycles. The van der Waals surface area contributed by atoms with E-state index in [1.807, 2.05) is 44.2 Å². The molecule has 0 radical (unpaired) electrons. The summed E-state index contributed by atoms with van der Waals surface area (Å²) in [6, 6.07) is 11.5. The van der Waals surface area contributed by atoms with Crippen LogP contribution in [0.5, 0.6) is 5.75 Å². The predicted molar refractivity (Wildman–Crippen MR) is 107 cm³/mol. The maximum Gasteiger partial charge on any atom is 0.276 e. The molecule has 1 saturated heterocycles. The van der Waals surface area contributed by atoms with E-state index in [1.165, 1.54) is 19.3 Å². The highest BCUT2D eigenvalue weighted by Gasteiger charge is 2.22. The number of ether oxygens (including phenoxy) is 1. The SMILES string of the molecule is CCC1CCCCN1c1ccc(C(=O)Nc2ccc(OC(C)C)cc2)nn1. The Morgan fingerprint density at radius 1 is 1.19 bits per heavy atom. The maximum absolute atomic E-state index is 12.4. The predicted octanol–water partition coefficient (Wildman–Crippen LogP) is 4.29. The lowest BCUT2D eigenvalue weighted by Crippen LogP contribution is -2.39. The molecule has 144 valence electrons. The second-order valence-corrected chi connectivity index (χ2v) is 7.17. The van der Waals surface area contributed by atoms with Crippen LogP contribution >= 0.6 is 0 Å². The molecule has 1 aliphatic rings. The second kappa shape index (κ2) is 8.84. The van der Waals surface area contributed by atoms with E-state index in [9.17, 15) is 4.79 Å². The Morgan fingerprint density at radius 3 is 2.59 bits per heavy atom. The number of amides is 1. The molecule has 0 spiro atoms. The zero-order valence-electron chi connectivity index (χ0n) is 16.3. The minimum Gasteiger partial charge on any atom is -0.491 e. The number of piperidine rings is 1. The highest BCUT2D eigenvalue weighted by molar-refractivity contribution is 6.02. The number of aromatic nitrogens is 2. The second-order valence-electron chi connectivity index (χ2n) is 7.17. The summed E-state index contributed by atoms with van der Waals surface area (Å²) in [6.45, 7) is 7.16. The van der Waals surface area contributed by atoms with E-state index in [2.05, 4.69) is 27.3 Å². The summed E-state index contributed by atoms with van der Waals surface area (Å²) in [6.07, 6.45) is 4.85. The molecule has 2 aromatic rings. The Kier molecular flexibility index (Phi) is 6.27. The van der Waals surface area contributed by atoms with Crippen LogP contribution < -0.4 is 15.0 Å². The van der Waals surface area contributed by atoms with Gasteiger partial charge in [0, 0.05) is 18.3 Å². The number of nitrogens with one attached hydrogen (secondary N) is 1. The third kappa shape index (κ3) is 4.96. The summed E-state index contributed by atoms with van der Waals surface area (Å²) in [5.41, 5.74) is 1.01. The molecule has 0 aliphatic carbocycles. The smallest absolute Gasteiger partial charge is 0.276 e. The molecule has 1 aliphatic heterocycles. The molecular weight excluding hydrogens is 340 g/mol. The average molecular weight is 368 g/mol. The van der Waals surface area contributed by atoms with E-state index < -0.39 is 0 Å². The largest absolute Gasteiger partial charge is 0.491 e. The van der Waals surface area contributed by atoms with Gasteiger partial charge in [-0.25, -0.2) is 0 Å². The van der Waals surface area contributed by atoms with Crippen LogP contribution in [0.3, 0.4) is 0 Å². The molecule has 2 heterocycles. The van der Waals surface area contributed by atoms with Gasteiger partial charge in [0.15, 0.2) is 11.5 Å². The van der Waals surface area contributed by atoms with Crippen LogP contribution in [0.1, 0.15) is 56.9 Å². The van der Waals surface area contributed by atoms with E-state index >= 15 is 0 Å². The fourth-order valence-electron chi connectivity index (χ4n) is 3.41. The standard InChI is InChI=1S/C21H28N4O2/c1-4-17-7-5-6-14-25(17)20-13-12-19(23-24-20)21(26)22-16-8-10-18(11-9-16)27-15(2)3/h8-13,15,17H,4-7,14H2,1-3H3,(H,22,26). The van der Waals surface area contributed by atoms with Gasteiger partial charge in [-0.2, -0.15) is 0 Å². The Labute approximate surface area is 160 Å². The molecule has 1 unspecified atom stereocenters. The van der Waals surface area contributed by atoms with Gasteiger partial charge in [-0.15, -0.1) is 10.2 Å². The van der Waals surface area contributed by atoms with Gasteiger partial charge < -0.3 is 15.0 Å². The van der Waals surface area contributed by atoms with Crippen LogP contribution in [0.2, 0.25) is 0 Å². The Morgan fingerprint density at radius 2 is 1.96 bits per heavy atom. The van der Waals surface area contributed by atoms with Crippen molar-refractivity contribution in [3.05, 3.63) is 42.1 Å². The molecule has 0 bridgehead atoms. The summed E-state index contributed by atoms with van der Waals surface area (Å²) in [5, 5.41) is 11.3. The van der Waals surface area contributed by atoms with Gasteiger partial charge in [0.25, 0.3) is 5.91 Å². The average Bonchev–Trinajstić information content (AvgIpc) is 2.69. The quantitative estimate of drug-likeness (QED) is 0.824. The molecule has 6 nitrogen and oxygen atoms in total. The summed E-state index contributed by atoms with van der Waals surface area (Å²) < 4.78 is 5.61. The number of anilines is 2. The lowest BCUT2D eigenvalue weighted by atomic mass is 10.0. The van der Waals surface area contributed by atoms with Gasteiger partial charge >= 0.3 is 0 Å². The molecule has 1 amide bonds. The Balaban J connectivity index is 1.63. The number of carbonyl (C=O) groups excluding carboxylic acids is 1. The van der Waals surface area contributed by atoms with Crippen LogP contribution in [0, 0.1) is 0 Å². The monoisotopic (exact) mass is 368 g/mol. The lowest BCUT2D eigenvalue weighted by molar-refractivity contribution is 0.102. The van der Waals surface area contributed by atoms with E-state index in [4.69, 9.17) is 4.74 Å². The van der Waals surface area contributed by atoms with Crippen molar-refractivity contribution in [2.45, 2.75) is 58.6 Å². The van der Waals surface area contributed by atoms with Crippen LogP contribution in [-0.4, -0.2) is 34.8 Å². The van der Waals surface area contributed by atoms with Gasteiger partial charge in [-0.05, 0) is 75.9 Å². The number of hydrogen-bond acceptors (Lipinski definition) is 5. The van der Waals surface area contributed by atoms with Crippen LogP contribution in [0.4, 0.5) is 11.5 Å². The van der Waals surface area contributed by atoms with Crippen LogP contribution in [0.15, 0.2) is 36.4 Å². The molecule has 1 aromatic carbocycles. The zero-order chi connectivity index (χ0) is 19.2. The van der Waals surface area contributed by atoms with E-state index in [-0.39, 0.29) is 12.0 Å². The van der Waals surface area contributed by atoms with Crippen molar-refractivity contribution < 1.29 is 9.53 Å². The van der Waals surface area contributed by atoms with Gasteiger partial charge in [0.1, 0.15) is 5.75 Å².